The molecule has 0 spiro atoms. The molecule has 2 rings (SSSR count). The maximum atomic E-state index is 12.5. The first-order chi connectivity index (χ1) is 7.49. The number of nitrogens with one attached hydrogen (secondary N) is 2. The van der Waals surface area contributed by atoms with Crippen molar-refractivity contribution in [3.05, 3.63) is 32.7 Å². The number of H-pyrrole nitrogens is 2. The molecule has 0 fully saturated rings. The van der Waals surface area contributed by atoms with Gasteiger partial charge in [0.25, 0.3) is 6.43 Å². The zero-order valence-electron chi connectivity index (χ0n) is 7.73. The van der Waals surface area contributed by atoms with E-state index in [0.29, 0.717) is 15.5 Å². The molecule has 1 unspecified atom stereocenters. The SMILES string of the molecule is O=c1[nH]c2cc(Br)c(C(Cl)C(F)F)cc2[nH]1. The Bertz CT molecular complexity index is 580. The van der Waals surface area contributed by atoms with Crippen molar-refractivity contribution in [2.75, 3.05) is 0 Å². The van der Waals surface area contributed by atoms with E-state index in [2.05, 4.69) is 25.9 Å². The van der Waals surface area contributed by atoms with Gasteiger partial charge in [0.2, 0.25) is 0 Å². The van der Waals surface area contributed by atoms with Gasteiger partial charge in [0.15, 0.2) is 0 Å². The van der Waals surface area contributed by atoms with Gasteiger partial charge in [0.05, 0.1) is 11.0 Å². The standard InChI is InChI=1S/C9H6BrClF2N2O/c10-4-2-6-5(14-9(16)15-6)1-3(4)7(11)8(12)13/h1-2,7-8H,(H2,14,15,16). The van der Waals surface area contributed by atoms with E-state index in [1.807, 2.05) is 0 Å². The van der Waals surface area contributed by atoms with Crippen molar-refractivity contribution in [3.63, 3.8) is 0 Å². The topological polar surface area (TPSA) is 48.6 Å². The van der Waals surface area contributed by atoms with E-state index >= 15 is 0 Å². The van der Waals surface area contributed by atoms with Crippen LogP contribution in [0.5, 0.6) is 0 Å². The smallest absolute Gasteiger partial charge is 0.306 e. The third-order valence-corrected chi connectivity index (χ3v) is 3.26. The van der Waals surface area contributed by atoms with Crippen molar-refractivity contribution in [2.45, 2.75) is 11.8 Å². The van der Waals surface area contributed by atoms with E-state index in [0.717, 1.165) is 0 Å². The van der Waals surface area contributed by atoms with E-state index in [4.69, 9.17) is 11.6 Å². The largest absolute Gasteiger partial charge is 0.323 e. The predicted molar refractivity (Wildman–Crippen MR) is 61.2 cm³/mol. The highest BCUT2D eigenvalue weighted by Gasteiger charge is 2.22. The molecule has 7 heteroatoms. The summed E-state index contributed by atoms with van der Waals surface area (Å²) in [4.78, 5) is 16.0. The summed E-state index contributed by atoms with van der Waals surface area (Å²) in [6, 6.07) is 2.97. The molecule has 1 heterocycles. The normalized spacial score (nSPS) is 13.6. The number of alkyl halides is 3. The lowest BCUT2D eigenvalue weighted by Gasteiger charge is -2.10. The summed E-state index contributed by atoms with van der Waals surface area (Å²) in [5.74, 6) is 0. The van der Waals surface area contributed by atoms with E-state index in [-0.39, 0.29) is 11.3 Å². The van der Waals surface area contributed by atoms with Gasteiger partial charge in [-0.05, 0) is 17.7 Å². The highest BCUT2D eigenvalue weighted by Crippen LogP contribution is 2.34. The second-order valence-electron chi connectivity index (χ2n) is 3.23. The van der Waals surface area contributed by atoms with Crippen molar-refractivity contribution >= 4 is 38.6 Å². The van der Waals surface area contributed by atoms with Crippen LogP contribution in [0.4, 0.5) is 8.78 Å². The second-order valence-corrected chi connectivity index (χ2v) is 4.56. The van der Waals surface area contributed by atoms with Gasteiger partial charge in [-0.1, -0.05) is 15.9 Å². The number of benzene rings is 1. The Hall–Kier alpha value is -0.880. The molecule has 3 nitrogen and oxygen atoms in total. The first-order valence-electron chi connectivity index (χ1n) is 4.32. The van der Waals surface area contributed by atoms with Crippen molar-refractivity contribution in [1.82, 2.24) is 9.97 Å². The Labute approximate surface area is 102 Å². The van der Waals surface area contributed by atoms with Crippen LogP contribution < -0.4 is 5.69 Å². The fourth-order valence-corrected chi connectivity index (χ4v) is 2.32. The molecule has 1 aromatic heterocycles. The second kappa shape index (κ2) is 4.18. The number of hydrogen-bond acceptors (Lipinski definition) is 1. The lowest BCUT2D eigenvalue weighted by molar-refractivity contribution is 0.143. The van der Waals surface area contributed by atoms with Gasteiger partial charge < -0.3 is 9.97 Å². The minimum Gasteiger partial charge on any atom is -0.306 e. The first kappa shape index (κ1) is 11.6. The number of aromatic nitrogens is 2. The summed E-state index contributed by atoms with van der Waals surface area (Å²) in [6.07, 6.45) is -2.67. The molecule has 2 N–H and O–H groups in total. The van der Waals surface area contributed by atoms with Crippen LogP contribution in [0.3, 0.4) is 0 Å². The molecule has 16 heavy (non-hydrogen) atoms. The Morgan fingerprint density at radius 1 is 1.25 bits per heavy atom. The average molecular weight is 312 g/mol. The third-order valence-electron chi connectivity index (χ3n) is 2.15. The van der Waals surface area contributed by atoms with Crippen molar-refractivity contribution < 1.29 is 8.78 Å². The van der Waals surface area contributed by atoms with Crippen LogP contribution >= 0.6 is 27.5 Å². The molecule has 2 aromatic rings. The average Bonchev–Trinajstić information content (AvgIpc) is 2.54. The summed E-state index contributed by atoms with van der Waals surface area (Å²) >= 11 is 8.71. The minimum atomic E-state index is -2.67. The lowest BCUT2D eigenvalue weighted by Crippen LogP contribution is -2.02. The molecule has 0 saturated heterocycles. The number of fused-ring (bicyclic) bond motifs is 1. The van der Waals surface area contributed by atoms with Gasteiger partial charge in [-0.25, -0.2) is 13.6 Å². The summed E-state index contributed by atoms with van der Waals surface area (Å²) < 4.78 is 25.4. The van der Waals surface area contributed by atoms with E-state index in [1.165, 1.54) is 6.07 Å². The van der Waals surface area contributed by atoms with Gasteiger partial charge in [0.1, 0.15) is 5.38 Å². The number of rotatable bonds is 2. The Kier molecular flexibility index (Phi) is 3.03. The summed E-state index contributed by atoms with van der Waals surface area (Å²) in [5.41, 5.74) is 0.856. The monoisotopic (exact) mass is 310 g/mol. The highest BCUT2D eigenvalue weighted by molar-refractivity contribution is 9.10. The zero-order valence-corrected chi connectivity index (χ0v) is 10.1. The first-order valence-corrected chi connectivity index (χ1v) is 5.55. The van der Waals surface area contributed by atoms with Gasteiger partial charge in [-0.3, -0.25) is 0 Å². The molecule has 86 valence electrons. The van der Waals surface area contributed by atoms with Gasteiger partial charge in [-0.15, -0.1) is 11.6 Å². The molecular weight excluding hydrogens is 305 g/mol. The van der Waals surface area contributed by atoms with Crippen molar-refractivity contribution in [1.29, 1.82) is 0 Å². The molecule has 0 amide bonds. The Morgan fingerprint density at radius 3 is 2.38 bits per heavy atom. The van der Waals surface area contributed by atoms with Crippen molar-refractivity contribution in [2.24, 2.45) is 0 Å². The van der Waals surface area contributed by atoms with Gasteiger partial charge in [0, 0.05) is 4.47 Å². The van der Waals surface area contributed by atoms with Crippen LogP contribution in [-0.4, -0.2) is 16.4 Å². The number of hydrogen-bond donors (Lipinski definition) is 2. The van der Waals surface area contributed by atoms with Crippen LogP contribution in [0.1, 0.15) is 10.9 Å². The van der Waals surface area contributed by atoms with E-state index in [9.17, 15) is 13.6 Å². The van der Waals surface area contributed by atoms with Crippen LogP contribution in [0.15, 0.2) is 21.4 Å². The molecule has 0 saturated carbocycles. The van der Waals surface area contributed by atoms with E-state index < -0.39 is 11.8 Å². The maximum Gasteiger partial charge on any atom is 0.323 e. The van der Waals surface area contributed by atoms with Gasteiger partial charge >= 0.3 is 5.69 Å². The van der Waals surface area contributed by atoms with Crippen LogP contribution in [0, 0.1) is 0 Å². The highest BCUT2D eigenvalue weighted by atomic mass is 79.9. The lowest BCUT2D eigenvalue weighted by atomic mass is 10.1. The molecule has 0 aliphatic carbocycles. The van der Waals surface area contributed by atoms with E-state index in [1.54, 1.807) is 6.07 Å². The van der Waals surface area contributed by atoms with Crippen LogP contribution in [0.25, 0.3) is 11.0 Å². The molecular formula is C9H6BrClF2N2O. The summed E-state index contributed by atoms with van der Waals surface area (Å²) in [5, 5.41) is -1.41. The molecule has 0 bridgehead atoms. The van der Waals surface area contributed by atoms with Gasteiger partial charge in [-0.2, -0.15) is 0 Å². The molecule has 1 atom stereocenters. The fraction of sp³-hybridized carbons (Fsp3) is 0.222. The number of aromatic amines is 2. The molecule has 0 aliphatic rings. The third kappa shape index (κ3) is 1.99. The maximum absolute atomic E-state index is 12.5. The summed E-state index contributed by atoms with van der Waals surface area (Å²) in [6.45, 7) is 0. The zero-order chi connectivity index (χ0) is 11.9. The quantitative estimate of drug-likeness (QED) is 0.822. The number of imidazole rings is 1. The van der Waals surface area contributed by atoms with Crippen molar-refractivity contribution in [3.8, 4) is 0 Å². The fourth-order valence-electron chi connectivity index (χ4n) is 1.42. The molecule has 0 radical (unpaired) electrons. The molecule has 1 aromatic carbocycles. The number of halogens is 4. The Morgan fingerprint density at radius 2 is 1.81 bits per heavy atom. The van der Waals surface area contributed by atoms with Crippen LogP contribution in [0.2, 0.25) is 0 Å². The Balaban J connectivity index is 2.61. The molecule has 0 aliphatic heterocycles. The minimum absolute atomic E-state index is 0.249. The van der Waals surface area contributed by atoms with Crippen LogP contribution in [-0.2, 0) is 0 Å². The summed E-state index contributed by atoms with van der Waals surface area (Å²) in [7, 11) is 0. The predicted octanol–water partition coefficient (Wildman–Crippen LogP) is 3.16.